The molecule has 3 rings (SSSR count). The highest BCUT2D eigenvalue weighted by atomic mass is 16.2. The van der Waals surface area contributed by atoms with Crippen LogP contribution in [0.2, 0.25) is 0 Å². The monoisotopic (exact) mass is 285 g/mol. The van der Waals surface area contributed by atoms with Crippen molar-refractivity contribution in [2.75, 3.05) is 33.2 Å². The van der Waals surface area contributed by atoms with Gasteiger partial charge >= 0.3 is 0 Å². The molecule has 1 aromatic carbocycles. The number of likely N-dealkylation sites (N-methyl/N-ethyl adjacent to an activating group) is 1. The molecule has 0 spiro atoms. The lowest BCUT2D eigenvalue weighted by atomic mass is 10.1. The molecule has 0 atom stereocenters. The topological polar surface area (TPSA) is 45.5 Å². The van der Waals surface area contributed by atoms with Crippen molar-refractivity contribution >= 4 is 23.1 Å². The maximum atomic E-state index is 12.4. The fraction of sp³-hybridized carbons (Fsp3) is 0.375. The number of nitrogens with zero attached hydrogens (tertiary/aromatic N) is 3. The molecule has 1 saturated heterocycles. The molecule has 110 valence electrons. The van der Waals surface area contributed by atoms with Crippen LogP contribution in [0.15, 0.2) is 30.5 Å². The summed E-state index contributed by atoms with van der Waals surface area (Å²) in [6.45, 7) is 3.66. The molecule has 0 saturated carbocycles. The smallest absolute Gasteiger partial charge is 0.242 e. The van der Waals surface area contributed by atoms with Gasteiger partial charge < -0.3 is 14.4 Å². The molecule has 0 bridgehead atoms. The van der Waals surface area contributed by atoms with E-state index in [1.165, 1.54) is 0 Å². The van der Waals surface area contributed by atoms with Crippen molar-refractivity contribution in [2.24, 2.45) is 0 Å². The average Bonchev–Trinajstić information content (AvgIpc) is 2.91. The normalized spacial score (nSPS) is 16.3. The van der Waals surface area contributed by atoms with Crippen LogP contribution >= 0.6 is 0 Å². The second kappa shape index (κ2) is 5.69. The zero-order valence-corrected chi connectivity index (χ0v) is 12.2. The first kappa shape index (κ1) is 13.8. The van der Waals surface area contributed by atoms with Gasteiger partial charge in [-0.2, -0.15) is 0 Å². The van der Waals surface area contributed by atoms with Crippen LogP contribution in [0.3, 0.4) is 0 Å². The molecule has 5 heteroatoms. The van der Waals surface area contributed by atoms with Gasteiger partial charge in [0.25, 0.3) is 0 Å². The Labute approximate surface area is 123 Å². The Kier molecular flexibility index (Phi) is 3.75. The van der Waals surface area contributed by atoms with E-state index in [4.69, 9.17) is 0 Å². The predicted octanol–water partition coefficient (Wildman–Crippen LogP) is 1.23. The van der Waals surface area contributed by atoms with Gasteiger partial charge in [0.2, 0.25) is 5.91 Å². The number of rotatable bonds is 3. The van der Waals surface area contributed by atoms with Gasteiger partial charge in [-0.1, -0.05) is 12.1 Å². The van der Waals surface area contributed by atoms with Crippen LogP contribution in [0.25, 0.3) is 10.9 Å². The number of hydrogen-bond acceptors (Lipinski definition) is 3. The van der Waals surface area contributed by atoms with Crippen LogP contribution in [0.1, 0.15) is 10.4 Å². The Morgan fingerprint density at radius 2 is 1.95 bits per heavy atom. The van der Waals surface area contributed by atoms with Crippen LogP contribution in [0.5, 0.6) is 0 Å². The summed E-state index contributed by atoms with van der Waals surface area (Å²) in [6.07, 6.45) is 2.73. The number of benzene rings is 1. The molecule has 5 nitrogen and oxygen atoms in total. The summed E-state index contributed by atoms with van der Waals surface area (Å²) in [5.74, 6) is 0.112. The lowest BCUT2D eigenvalue weighted by Gasteiger charge is -2.32. The van der Waals surface area contributed by atoms with Gasteiger partial charge in [0.1, 0.15) is 6.54 Å². The largest absolute Gasteiger partial charge is 0.339 e. The van der Waals surface area contributed by atoms with E-state index in [1.54, 1.807) is 6.07 Å². The summed E-state index contributed by atoms with van der Waals surface area (Å²) in [7, 11) is 2.07. The summed E-state index contributed by atoms with van der Waals surface area (Å²) in [5.41, 5.74) is 1.47. The predicted molar refractivity (Wildman–Crippen MR) is 81.4 cm³/mol. The number of hydrogen-bond donors (Lipinski definition) is 0. The molecule has 21 heavy (non-hydrogen) atoms. The van der Waals surface area contributed by atoms with Gasteiger partial charge in [-0.15, -0.1) is 0 Å². The lowest BCUT2D eigenvalue weighted by Crippen LogP contribution is -2.48. The molecule has 2 heterocycles. The van der Waals surface area contributed by atoms with Crippen molar-refractivity contribution in [3.8, 4) is 0 Å². The molecule has 1 aliphatic rings. The minimum atomic E-state index is 0.112. The Morgan fingerprint density at radius 3 is 2.67 bits per heavy atom. The van der Waals surface area contributed by atoms with E-state index in [0.29, 0.717) is 5.56 Å². The highest BCUT2D eigenvalue weighted by molar-refractivity contribution is 5.97. The molecule has 0 unspecified atom stereocenters. The second-order valence-corrected chi connectivity index (χ2v) is 5.53. The zero-order valence-electron chi connectivity index (χ0n) is 12.2. The summed E-state index contributed by atoms with van der Waals surface area (Å²) in [5, 5.41) is 0.991. The number of carbonyl (C=O) groups excluding carboxylic acids is 2. The van der Waals surface area contributed by atoms with Crippen LogP contribution in [0.4, 0.5) is 0 Å². The first-order valence-corrected chi connectivity index (χ1v) is 7.18. The quantitative estimate of drug-likeness (QED) is 0.797. The van der Waals surface area contributed by atoms with Crippen LogP contribution in [0, 0.1) is 0 Å². The molecular weight excluding hydrogens is 266 g/mol. The summed E-state index contributed by atoms with van der Waals surface area (Å²) >= 11 is 0. The molecule has 0 N–H and O–H groups in total. The van der Waals surface area contributed by atoms with E-state index < -0.39 is 0 Å². The number of fused-ring (bicyclic) bond motifs is 1. The van der Waals surface area contributed by atoms with Gasteiger partial charge in [-0.3, -0.25) is 9.59 Å². The molecule has 0 radical (unpaired) electrons. The maximum absolute atomic E-state index is 12.4. The number of aldehydes is 1. The van der Waals surface area contributed by atoms with E-state index in [1.807, 2.05) is 33.9 Å². The van der Waals surface area contributed by atoms with Gasteiger partial charge in [-0.25, -0.2) is 0 Å². The highest BCUT2D eigenvalue weighted by Gasteiger charge is 2.19. The first-order valence-electron chi connectivity index (χ1n) is 7.18. The van der Waals surface area contributed by atoms with Crippen LogP contribution in [-0.2, 0) is 11.3 Å². The van der Waals surface area contributed by atoms with Gasteiger partial charge in [0, 0.05) is 43.3 Å². The van der Waals surface area contributed by atoms with Gasteiger partial charge in [0.05, 0.1) is 5.52 Å². The van der Waals surface area contributed by atoms with Crippen LogP contribution < -0.4 is 0 Å². The third-order valence-electron chi connectivity index (χ3n) is 4.11. The highest BCUT2D eigenvalue weighted by Crippen LogP contribution is 2.19. The maximum Gasteiger partial charge on any atom is 0.242 e. The summed E-state index contributed by atoms with van der Waals surface area (Å²) < 4.78 is 1.87. The number of para-hydroxylation sites is 1. The van der Waals surface area contributed by atoms with Gasteiger partial charge in [0.15, 0.2) is 6.29 Å². The number of aromatic nitrogens is 1. The third-order valence-corrected chi connectivity index (χ3v) is 4.11. The molecule has 1 aromatic heterocycles. The minimum absolute atomic E-state index is 0.112. The fourth-order valence-corrected chi connectivity index (χ4v) is 2.82. The Balaban J connectivity index is 1.82. The van der Waals surface area contributed by atoms with Crippen molar-refractivity contribution in [1.29, 1.82) is 0 Å². The Morgan fingerprint density at radius 1 is 1.19 bits per heavy atom. The van der Waals surface area contributed by atoms with E-state index >= 15 is 0 Å². The van der Waals surface area contributed by atoms with Crippen molar-refractivity contribution in [1.82, 2.24) is 14.4 Å². The first-order chi connectivity index (χ1) is 10.2. The van der Waals surface area contributed by atoms with E-state index in [2.05, 4.69) is 11.9 Å². The van der Waals surface area contributed by atoms with Crippen molar-refractivity contribution < 1.29 is 9.59 Å². The van der Waals surface area contributed by atoms with E-state index in [-0.39, 0.29) is 12.5 Å². The van der Waals surface area contributed by atoms with Crippen molar-refractivity contribution in [3.05, 3.63) is 36.0 Å². The average molecular weight is 285 g/mol. The summed E-state index contributed by atoms with van der Waals surface area (Å²) in [4.78, 5) is 27.7. The third kappa shape index (κ3) is 2.69. The standard InChI is InChI=1S/C16H19N3O2/c1-17-7-9-18(10-8-17)15(21)11-19-6-5-13-3-2-4-14(12-20)16(13)19/h2-6,12H,7-11H2,1H3. The van der Waals surface area contributed by atoms with Crippen LogP contribution in [-0.4, -0.2) is 59.8 Å². The zero-order chi connectivity index (χ0) is 14.8. The molecule has 1 amide bonds. The Bertz CT molecular complexity index is 669. The van der Waals surface area contributed by atoms with Gasteiger partial charge in [-0.05, 0) is 19.2 Å². The number of piperazine rings is 1. The lowest BCUT2D eigenvalue weighted by molar-refractivity contribution is -0.133. The molecule has 1 aliphatic heterocycles. The molecule has 0 aliphatic carbocycles. The van der Waals surface area contributed by atoms with E-state index in [0.717, 1.165) is 43.4 Å². The van der Waals surface area contributed by atoms with Crippen molar-refractivity contribution in [2.45, 2.75) is 6.54 Å². The molecular formula is C16H19N3O2. The number of carbonyl (C=O) groups is 2. The molecule has 1 fully saturated rings. The van der Waals surface area contributed by atoms with Crippen molar-refractivity contribution in [3.63, 3.8) is 0 Å². The Hall–Kier alpha value is -2.14. The van der Waals surface area contributed by atoms with E-state index in [9.17, 15) is 9.59 Å². The summed E-state index contributed by atoms with van der Waals surface area (Å²) in [6, 6.07) is 7.55. The fourth-order valence-electron chi connectivity index (χ4n) is 2.82. The SMILES string of the molecule is CN1CCN(C(=O)Cn2ccc3cccc(C=O)c32)CC1. The minimum Gasteiger partial charge on any atom is -0.339 e. The second-order valence-electron chi connectivity index (χ2n) is 5.53. The molecule has 2 aromatic rings. The number of amides is 1.